The molecule has 0 amide bonds. The van der Waals surface area contributed by atoms with E-state index in [2.05, 4.69) is 24.1 Å². The molecular weight excluding hydrogens is 184 g/mol. The molecule has 2 nitrogen and oxygen atoms in total. The van der Waals surface area contributed by atoms with Crippen molar-refractivity contribution in [1.82, 2.24) is 10.2 Å². The van der Waals surface area contributed by atoms with Crippen molar-refractivity contribution in [3.8, 4) is 0 Å². The molecule has 1 aliphatic heterocycles. The molecule has 2 fully saturated rings. The summed E-state index contributed by atoms with van der Waals surface area (Å²) in [7, 11) is 0. The molecule has 0 aromatic rings. The fourth-order valence-electron chi connectivity index (χ4n) is 3.08. The monoisotopic (exact) mass is 210 g/mol. The Morgan fingerprint density at radius 3 is 2.53 bits per heavy atom. The molecule has 0 spiro atoms. The predicted molar refractivity (Wildman–Crippen MR) is 65.1 cm³/mol. The molecule has 1 saturated carbocycles. The fourth-order valence-corrected chi connectivity index (χ4v) is 3.08. The van der Waals surface area contributed by atoms with E-state index in [9.17, 15) is 0 Å². The van der Waals surface area contributed by atoms with Gasteiger partial charge >= 0.3 is 0 Å². The molecule has 1 saturated heterocycles. The number of hydrogen-bond donors (Lipinski definition) is 1. The minimum absolute atomic E-state index is 0.687. The second kappa shape index (κ2) is 5.31. The van der Waals surface area contributed by atoms with E-state index in [0.717, 1.165) is 12.0 Å². The number of nitrogens with one attached hydrogen (secondary N) is 1. The zero-order valence-electron chi connectivity index (χ0n) is 10.3. The SMILES string of the molecule is CC1CCC(N2CCCNC(C)C2)CC1. The highest BCUT2D eigenvalue weighted by Gasteiger charge is 2.25. The van der Waals surface area contributed by atoms with E-state index in [1.807, 2.05) is 0 Å². The van der Waals surface area contributed by atoms with Gasteiger partial charge in [0.05, 0.1) is 0 Å². The Balaban J connectivity index is 1.85. The van der Waals surface area contributed by atoms with Crippen molar-refractivity contribution in [1.29, 1.82) is 0 Å². The normalized spacial score (nSPS) is 40.0. The summed E-state index contributed by atoms with van der Waals surface area (Å²) in [6.45, 7) is 8.52. The van der Waals surface area contributed by atoms with E-state index in [4.69, 9.17) is 0 Å². The van der Waals surface area contributed by atoms with Crippen molar-refractivity contribution in [2.45, 2.75) is 58.0 Å². The summed E-state index contributed by atoms with van der Waals surface area (Å²) in [5.74, 6) is 0.976. The van der Waals surface area contributed by atoms with E-state index in [1.165, 1.54) is 51.7 Å². The molecular formula is C13H26N2. The van der Waals surface area contributed by atoms with Gasteiger partial charge in [0.25, 0.3) is 0 Å². The maximum Gasteiger partial charge on any atom is 0.0166 e. The molecule has 1 aliphatic carbocycles. The molecule has 0 radical (unpaired) electrons. The fraction of sp³-hybridized carbons (Fsp3) is 1.00. The van der Waals surface area contributed by atoms with Crippen LogP contribution in [-0.2, 0) is 0 Å². The molecule has 15 heavy (non-hydrogen) atoms. The van der Waals surface area contributed by atoms with Gasteiger partial charge in [-0.25, -0.2) is 0 Å². The lowest BCUT2D eigenvalue weighted by Crippen LogP contribution is -2.42. The quantitative estimate of drug-likeness (QED) is 0.714. The Kier molecular flexibility index (Phi) is 4.04. The molecule has 1 unspecified atom stereocenters. The Hall–Kier alpha value is -0.0800. The number of nitrogens with zero attached hydrogens (tertiary/aromatic N) is 1. The van der Waals surface area contributed by atoms with Crippen LogP contribution in [-0.4, -0.2) is 36.6 Å². The average Bonchev–Trinajstić information content (AvgIpc) is 2.44. The van der Waals surface area contributed by atoms with Crippen LogP contribution in [0.25, 0.3) is 0 Å². The van der Waals surface area contributed by atoms with Crippen molar-refractivity contribution in [3.63, 3.8) is 0 Å². The van der Waals surface area contributed by atoms with Crippen LogP contribution in [0.1, 0.15) is 46.0 Å². The molecule has 1 N–H and O–H groups in total. The van der Waals surface area contributed by atoms with Crippen molar-refractivity contribution in [2.24, 2.45) is 5.92 Å². The summed E-state index contributed by atoms with van der Waals surface area (Å²) in [4.78, 5) is 2.75. The molecule has 0 aromatic carbocycles. The highest BCUT2D eigenvalue weighted by Crippen LogP contribution is 2.27. The van der Waals surface area contributed by atoms with Crippen molar-refractivity contribution < 1.29 is 0 Å². The van der Waals surface area contributed by atoms with Crippen LogP contribution in [0.15, 0.2) is 0 Å². The number of hydrogen-bond acceptors (Lipinski definition) is 2. The highest BCUT2D eigenvalue weighted by atomic mass is 15.2. The van der Waals surface area contributed by atoms with Gasteiger partial charge in [-0.3, -0.25) is 4.90 Å². The van der Waals surface area contributed by atoms with E-state index in [0.29, 0.717) is 6.04 Å². The molecule has 2 heteroatoms. The first-order valence-corrected chi connectivity index (χ1v) is 6.73. The third-order valence-electron chi connectivity index (χ3n) is 4.13. The molecule has 1 heterocycles. The minimum atomic E-state index is 0.687. The number of rotatable bonds is 1. The van der Waals surface area contributed by atoms with Crippen LogP contribution in [0.3, 0.4) is 0 Å². The van der Waals surface area contributed by atoms with Gasteiger partial charge in [-0.2, -0.15) is 0 Å². The standard InChI is InChI=1S/C13H26N2/c1-11-4-6-13(7-5-11)15-9-3-8-14-12(2)10-15/h11-14H,3-10H2,1-2H3. The smallest absolute Gasteiger partial charge is 0.0166 e. The summed E-state index contributed by atoms with van der Waals surface area (Å²) in [5, 5.41) is 3.58. The first-order chi connectivity index (χ1) is 7.25. The van der Waals surface area contributed by atoms with Gasteiger partial charge in [0.1, 0.15) is 0 Å². The minimum Gasteiger partial charge on any atom is -0.313 e. The maximum atomic E-state index is 3.58. The van der Waals surface area contributed by atoms with Crippen LogP contribution < -0.4 is 5.32 Å². The third-order valence-corrected chi connectivity index (χ3v) is 4.13. The first-order valence-electron chi connectivity index (χ1n) is 6.73. The second-order valence-corrected chi connectivity index (χ2v) is 5.62. The van der Waals surface area contributed by atoms with Gasteiger partial charge in [0.15, 0.2) is 0 Å². The average molecular weight is 210 g/mol. The zero-order chi connectivity index (χ0) is 10.7. The Morgan fingerprint density at radius 2 is 1.80 bits per heavy atom. The van der Waals surface area contributed by atoms with Crippen LogP contribution in [0.2, 0.25) is 0 Å². The lowest BCUT2D eigenvalue weighted by atomic mass is 9.86. The van der Waals surface area contributed by atoms with Gasteiger partial charge in [-0.15, -0.1) is 0 Å². The Labute approximate surface area is 94.4 Å². The molecule has 88 valence electrons. The predicted octanol–water partition coefficient (Wildman–Crippen LogP) is 2.25. The van der Waals surface area contributed by atoms with Crippen LogP contribution >= 0.6 is 0 Å². The summed E-state index contributed by atoms with van der Waals surface area (Å²) in [5.41, 5.74) is 0. The maximum absolute atomic E-state index is 3.58. The largest absolute Gasteiger partial charge is 0.313 e. The van der Waals surface area contributed by atoms with E-state index >= 15 is 0 Å². The van der Waals surface area contributed by atoms with Crippen LogP contribution in [0.4, 0.5) is 0 Å². The third kappa shape index (κ3) is 3.18. The molecule has 1 atom stereocenters. The highest BCUT2D eigenvalue weighted by molar-refractivity contribution is 4.82. The van der Waals surface area contributed by atoms with Crippen molar-refractivity contribution >= 4 is 0 Å². The summed E-state index contributed by atoms with van der Waals surface area (Å²) in [6.07, 6.45) is 7.10. The summed E-state index contributed by atoms with van der Waals surface area (Å²) in [6, 6.07) is 1.58. The summed E-state index contributed by atoms with van der Waals surface area (Å²) >= 11 is 0. The molecule has 2 aliphatic rings. The Morgan fingerprint density at radius 1 is 1.07 bits per heavy atom. The van der Waals surface area contributed by atoms with Crippen LogP contribution in [0, 0.1) is 5.92 Å². The summed E-state index contributed by atoms with van der Waals surface area (Å²) < 4.78 is 0. The van der Waals surface area contributed by atoms with Gasteiger partial charge in [-0.1, -0.05) is 6.92 Å². The van der Waals surface area contributed by atoms with Crippen molar-refractivity contribution in [3.05, 3.63) is 0 Å². The van der Waals surface area contributed by atoms with Gasteiger partial charge < -0.3 is 5.32 Å². The lowest BCUT2D eigenvalue weighted by molar-refractivity contribution is 0.139. The first kappa shape index (κ1) is 11.4. The molecule has 0 bridgehead atoms. The van der Waals surface area contributed by atoms with E-state index in [-0.39, 0.29) is 0 Å². The Bertz CT molecular complexity index is 185. The van der Waals surface area contributed by atoms with Gasteiger partial charge in [0.2, 0.25) is 0 Å². The van der Waals surface area contributed by atoms with Gasteiger partial charge in [-0.05, 0) is 58.0 Å². The molecule has 0 aromatic heterocycles. The van der Waals surface area contributed by atoms with Gasteiger partial charge in [0, 0.05) is 18.6 Å². The topological polar surface area (TPSA) is 15.3 Å². The van der Waals surface area contributed by atoms with E-state index in [1.54, 1.807) is 0 Å². The van der Waals surface area contributed by atoms with Crippen molar-refractivity contribution in [2.75, 3.05) is 19.6 Å². The van der Waals surface area contributed by atoms with E-state index < -0.39 is 0 Å². The molecule has 2 rings (SSSR count). The van der Waals surface area contributed by atoms with Crippen LogP contribution in [0.5, 0.6) is 0 Å². The zero-order valence-corrected chi connectivity index (χ0v) is 10.3. The second-order valence-electron chi connectivity index (χ2n) is 5.62. The lowest BCUT2D eigenvalue weighted by Gasteiger charge is -2.36.